The normalized spacial score (nSPS) is 9.75. The molecule has 1 aromatic heterocycles. The van der Waals surface area contributed by atoms with Gasteiger partial charge in [-0.05, 0) is 0 Å². The topological polar surface area (TPSA) is 44.0 Å². The van der Waals surface area contributed by atoms with Gasteiger partial charge in [-0.15, -0.1) is 6.58 Å². The van der Waals surface area contributed by atoms with E-state index in [9.17, 15) is 9.59 Å². The molecule has 0 aliphatic rings. The third-order valence-electron chi connectivity index (χ3n) is 1.59. The summed E-state index contributed by atoms with van der Waals surface area (Å²) in [7, 11) is 1.45. The second kappa shape index (κ2) is 3.21. The monoisotopic (exact) mass is 166 g/mol. The minimum Gasteiger partial charge on any atom is -0.297 e. The molecule has 0 aliphatic carbocycles. The third-order valence-corrected chi connectivity index (χ3v) is 1.59. The molecule has 0 unspecified atom stereocenters. The predicted molar refractivity (Wildman–Crippen MR) is 46.1 cm³/mol. The Morgan fingerprint density at radius 1 is 1.58 bits per heavy atom. The van der Waals surface area contributed by atoms with E-state index in [1.807, 2.05) is 0 Å². The van der Waals surface area contributed by atoms with Gasteiger partial charge in [0, 0.05) is 25.9 Å². The first-order chi connectivity index (χ1) is 5.66. The van der Waals surface area contributed by atoms with E-state index in [-0.39, 0.29) is 11.2 Å². The summed E-state index contributed by atoms with van der Waals surface area (Å²) in [5, 5.41) is 0. The highest BCUT2D eigenvalue weighted by atomic mass is 16.2. The van der Waals surface area contributed by atoms with Crippen LogP contribution in [-0.2, 0) is 13.6 Å². The van der Waals surface area contributed by atoms with E-state index < -0.39 is 0 Å². The van der Waals surface area contributed by atoms with Crippen LogP contribution >= 0.6 is 0 Å². The van der Waals surface area contributed by atoms with Gasteiger partial charge in [-0.25, -0.2) is 4.79 Å². The van der Waals surface area contributed by atoms with Crippen LogP contribution in [0.3, 0.4) is 0 Å². The van der Waals surface area contributed by atoms with Crippen molar-refractivity contribution in [2.45, 2.75) is 6.54 Å². The van der Waals surface area contributed by atoms with Crippen LogP contribution in [0.4, 0.5) is 0 Å². The van der Waals surface area contributed by atoms with Gasteiger partial charge in [0.1, 0.15) is 0 Å². The summed E-state index contributed by atoms with van der Waals surface area (Å²) < 4.78 is 2.47. The molecule has 12 heavy (non-hydrogen) atoms. The molecule has 4 heteroatoms. The van der Waals surface area contributed by atoms with Gasteiger partial charge in [0.05, 0.1) is 0 Å². The Bertz CT molecular complexity index is 400. The third kappa shape index (κ3) is 1.37. The molecule has 1 rings (SSSR count). The summed E-state index contributed by atoms with van der Waals surface area (Å²) in [6, 6.07) is 1.35. The van der Waals surface area contributed by atoms with Crippen molar-refractivity contribution in [2.24, 2.45) is 7.05 Å². The maximum Gasteiger partial charge on any atom is 0.330 e. The predicted octanol–water partition coefficient (Wildman–Crippen LogP) is -0.267. The van der Waals surface area contributed by atoms with Crippen LogP contribution < -0.4 is 11.2 Å². The van der Waals surface area contributed by atoms with Crippen molar-refractivity contribution in [3.63, 3.8) is 0 Å². The van der Waals surface area contributed by atoms with Crippen molar-refractivity contribution in [3.05, 3.63) is 45.8 Å². The summed E-state index contributed by atoms with van der Waals surface area (Å²) in [5.41, 5.74) is -0.609. The summed E-state index contributed by atoms with van der Waals surface area (Å²) in [6.45, 7) is 3.93. The molecule has 0 saturated heterocycles. The Balaban J connectivity index is 3.36. The van der Waals surface area contributed by atoms with E-state index in [0.29, 0.717) is 6.54 Å². The number of rotatable bonds is 2. The fraction of sp³-hybridized carbons (Fsp3) is 0.250. The fourth-order valence-corrected chi connectivity index (χ4v) is 0.894. The van der Waals surface area contributed by atoms with Crippen LogP contribution in [0, 0.1) is 0 Å². The molecule has 64 valence electrons. The first-order valence-electron chi connectivity index (χ1n) is 3.54. The first-order valence-corrected chi connectivity index (χ1v) is 3.54. The molecule has 0 N–H and O–H groups in total. The fourth-order valence-electron chi connectivity index (χ4n) is 0.894. The van der Waals surface area contributed by atoms with Gasteiger partial charge in [0.15, 0.2) is 0 Å². The quantitative estimate of drug-likeness (QED) is 0.568. The van der Waals surface area contributed by atoms with E-state index in [4.69, 9.17) is 0 Å². The Hall–Kier alpha value is -1.58. The van der Waals surface area contributed by atoms with Gasteiger partial charge in [0.2, 0.25) is 0 Å². The molecule has 1 heterocycles. The van der Waals surface area contributed by atoms with Crippen LogP contribution in [0.25, 0.3) is 0 Å². The molecule has 4 nitrogen and oxygen atoms in total. The molecular weight excluding hydrogens is 156 g/mol. The summed E-state index contributed by atoms with van der Waals surface area (Å²) in [4.78, 5) is 22.2. The molecule has 0 amide bonds. The van der Waals surface area contributed by atoms with Crippen LogP contribution in [-0.4, -0.2) is 9.13 Å². The van der Waals surface area contributed by atoms with Gasteiger partial charge in [-0.2, -0.15) is 0 Å². The van der Waals surface area contributed by atoms with Gasteiger partial charge in [-0.1, -0.05) is 6.08 Å². The van der Waals surface area contributed by atoms with Gasteiger partial charge < -0.3 is 0 Å². The van der Waals surface area contributed by atoms with Crippen molar-refractivity contribution in [1.82, 2.24) is 9.13 Å². The first kappa shape index (κ1) is 8.52. The number of hydrogen-bond donors (Lipinski definition) is 0. The Morgan fingerprint density at radius 3 is 2.83 bits per heavy atom. The molecule has 0 aromatic carbocycles. The molecule has 0 aliphatic heterocycles. The van der Waals surface area contributed by atoms with Crippen molar-refractivity contribution >= 4 is 0 Å². The number of aromatic nitrogens is 2. The van der Waals surface area contributed by atoms with Crippen LogP contribution in [0.1, 0.15) is 0 Å². The van der Waals surface area contributed by atoms with Gasteiger partial charge in [0.25, 0.3) is 5.56 Å². The van der Waals surface area contributed by atoms with E-state index in [1.165, 1.54) is 23.9 Å². The van der Waals surface area contributed by atoms with Crippen molar-refractivity contribution < 1.29 is 0 Å². The lowest BCUT2D eigenvalue weighted by Crippen LogP contribution is -2.36. The highest BCUT2D eigenvalue weighted by Gasteiger charge is 1.97. The van der Waals surface area contributed by atoms with E-state index >= 15 is 0 Å². The van der Waals surface area contributed by atoms with Gasteiger partial charge in [-0.3, -0.25) is 13.9 Å². The second-order valence-corrected chi connectivity index (χ2v) is 2.44. The summed E-state index contributed by atoms with van der Waals surface area (Å²) >= 11 is 0. The second-order valence-electron chi connectivity index (χ2n) is 2.44. The standard InChI is InChI=1S/C8H10N2O2/c1-3-5-10-6-4-7(11)9(2)8(10)12/h3-4,6H,1,5H2,2H3. The number of allylic oxidation sites excluding steroid dienone is 1. The van der Waals surface area contributed by atoms with E-state index in [2.05, 4.69) is 6.58 Å². The highest BCUT2D eigenvalue weighted by Crippen LogP contribution is 1.77. The van der Waals surface area contributed by atoms with Crippen molar-refractivity contribution in [2.75, 3.05) is 0 Å². The maximum absolute atomic E-state index is 11.3. The zero-order chi connectivity index (χ0) is 9.14. The smallest absolute Gasteiger partial charge is 0.297 e. The maximum atomic E-state index is 11.3. The van der Waals surface area contributed by atoms with Crippen LogP contribution in [0.2, 0.25) is 0 Å². The average Bonchev–Trinajstić information content (AvgIpc) is 2.07. The number of nitrogens with zero attached hydrogens (tertiary/aromatic N) is 2. The zero-order valence-corrected chi connectivity index (χ0v) is 6.86. The molecule has 0 atom stereocenters. The lowest BCUT2D eigenvalue weighted by atomic mass is 10.5. The van der Waals surface area contributed by atoms with Crippen molar-refractivity contribution in [1.29, 1.82) is 0 Å². The van der Waals surface area contributed by atoms with Gasteiger partial charge >= 0.3 is 5.69 Å². The Kier molecular flexibility index (Phi) is 2.28. The van der Waals surface area contributed by atoms with Crippen LogP contribution in [0.5, 0.6) is 0 Å². The van der Waals surface area contributed by atoms with E-state index in [0.717, 1.165) is 4.57 Å². The Morgan fingerprint density at radius 2 is 2.25 bits per heavy atom. The molecule has 0 spiro atoms. The lowest BCUT2D eigenvalue weighted by Gasteiger charge is -2.02. The van der Waals surface area contributed by atoms with Crippen molar-refractivity contribution in [3.8, 4) is 0 Å². The highest BCUT2D eigenvalue weighted by molar-refractivity contribution is 4.87. The minimum atomic E-state index is -0.317. The largest absolute Gasteiger partial charge is 0.330 e. The zero-order valence-electron chi connectivity index (χ0n) is 6.86. The molecular formula is C8H10N2O2. The molecule has 1 aromatic rings. The molecule has 0 radical (unpaired) electrons. The van der Waals surface area contributed by atoms with E-state index in [1.54, 1.807) is 6.08 Å². The van der Waals surface area contributed by atoms with Crippen LogP contribution in [0.15, 0.2) is 34.5 Å². The minimum absolute atomic E-state index is 0.291. The Labute approximate surface area is 69.4 Å². The summed E-state index contributed by atoms with van der Waals surface area (Å²) in [5.74, 6) is 0. The summed E-state index contributed by atoms with van der Waals surface area (Å²) in [6.07, 6.45) is 3.07. The lowest BCUT2D eigenvalue weighted by molar-refractivity contribution is 0.654. The molecule has 0 fully saturated rings. The SMILES string of the molecule is C=CCn1ccc(=O)n(C)c1=O. The molecule has 0 bridgehead atoms. The molecule has 0 saturated carbocycles. The average molecular weight is 166 g/mol. The number of hydrogen-bond acceptors (Lipinski definition) is 2.